The summed E-state index contributed by atoms with van der Waals surface area (Å²) >= 11 is 0. The summed E-state index contributed by atoms with van der Waals surface area (Å²) in [6.45, 7) is 9.79. The highest BCUT2D eigenvalue weighted by Gasteiger charge is 2.35. The Kier molecular flexibility index (Phi) is 6.97. The third kappa shape index (κ3) is 4.76. The molecule has 0 bridgehead atoms. The van der Waals surface area contributed by atoms with Gasteiger partial charge in [-0.1, -0.05) is 12.6 Å². The van der Waals surface area contributed by atoms with Crippen LogP contribution in [-0.2, 0) is 16.0 Å². The Bertz CT molecular complexity index is 1410. The van der Waals surface area contributed by atoms with Crippen LogP contribution in [0.25, 0.3) is 11.0 Å². The van der Waals surface area contributed by atoms with Crippen molar-refractivity contribution in [2.45, 2.75) is 45.7 Å². The zero-order valence-corrected chi connectivity index (χ0v) is 21.8. The molecule has 1 saturated heterocycles. The van der Waals surface area contributed by atoms with Crippen LogP contribution in [0.15, 0.2) is 31.1 Å². The van der Waals surface area contributed by atoms with Crippen molar-refractivity contribution >= 4 is 40.3 Å². The highest BCUT2D eigenvalue weighted by molar-refractivity contribution is 6.13. The van der Waals surface area contributed by atoms with E-state index in [1.54, 1.807) is 34.6 Å². The first-order valence-corrected chi connectivity index (χ1v) is 12.1. The molecule has 1 aromatic carbocycles. The number of fused-ring (bicyclic) bond motifs is 1. The van der Waals surface area contributed by atoms with Crippen LogP contribution in [0.1, 0.15) is 46.6 Å². The Balaban J connectivity index is 1.66. The first kappa shape index (κ1) is 25.8. The Hall–Kier alpha value is -4.28. The number of nitrogens with one attached hydrogen (secondary N) is 1. The lowest BCUT2D eigenvalue weighted by molar-refractivity contribution is -0.128. The van der Waals surface area contributed by atoms with Crippen LogP contribution in [-0.4, -0.2) is 74.0 Å². The summed E-state index contributed by atoms with van der Waals surface area (Å²) in [4.78, 5) is 49.6. The number of carbonyl (C=O) groups is 3. The molecule has 2 unspecified atom stereocenters. The Morgan fingerprint density at radius 3 is 2.62 bits per heavy atom. The third-order valence-electron chi connectivity index (χ3n) is 7.08. The van der Waals surface area contributed by atoms with Crippen molar-refractivity contribution in [3.05, 3.63) is 53.5 Å². The van der Waals surface area contributed by atoms with Crippen molar-refractivity contribution in [1.82, 2.24) is 29.5 Å². The molecule has 4 rings (SSSR count). The van der Waals surface area contributed by atoms with Crippen LogP contribution in [0.3, 0.4) is 0 Å². The number of likely N-dealkylation sites (tertiary alicyclic amines) is 1. The smallest absolute Gasteiger partial charge is 0.277 e. The summed E-state index contributed by atoms with van der Waals surface area (Å²) in [6, 6.07) is 3.43. The molecule has 11 nitrogen and oxygen atoms in total. The number of rotatable bonds is 6. The Morgan fingerprint density at radius 2 is 1.95 bits per heavy atom. The number of nitrogen functional groups attached to an aromatic ring is 1. The summed E-state index contributed by atoms with van der Waals surface area (Å²) in [5.41, 5.74) is 10.0. The molecule has 3 N–H and O–H groups in total. The average molecular weight is 505 g/mol. The van der Waals surface area contributed by atoms with Crippen molar-refractivity contribution in [3.63, 3.8) is 0 Å². The van der Waals surface area contributed by atoms with Gasteiger partial charge in [-0.3, -0.25) is 14.4 Å². The lowest BCUT2D eigenvalue weighted by Crippen LogP contribution is -2.32. The van der Waals surface area contributed by atoms with Gasteiger partial charge in [0.15, 0.2) is 11.3 Å². The van der Waals surface area contributed by atoms with Gasteiger partial charge in [0.1, 0.15) is 12.1 Å². The summed E-state index contributed by atoms with van der Waals surface area (Å²) in [6.07, 6.45) is 3.56. The van der Waals surface area contributed by atoms with Gasteiger partial charge in [-0.15, -0.1) is 0 Å². The molecule has 0 aliphatic carbocycles. The lowest BCUT2D eigenvalue weighted by atomic mass is 9.98. The van der Waals surface area contributed by atoms with Gasteiger partial charge in [-0.2, -0.15) is 5.10 Å². The van der Waals surface area contributed by atoms with Crippen LogP contribution in [0.5, 0.6) is 0 Å². The zero-order valence-electron chi connectivity index (χ0n) is 21.8. The van der Waals surface area contributed by atoms with Crippen LogP contribution < -0.4 is 11.1 Å². The standard InChI is InChI=1S/C26H32N8O3/c1-7-20(35)33-12-18(10-14(33)2)34-25-22(24(27)28-13-29-25)23(31-34)26(37)30-19-9-8-17(15(3)16(19)4)11-21(36)32(5)6/h7-9,13-14,18H,1,10-12H2,2-6H3,(H,30,37)(H2,27,28,29). The van der Waals surface area contributed by atoms with E-state index in [9.17, 15) is 14.4 Å². The second-order valence-corrected chi connectivity index (χ2v) is 9.63. The number of nitrogens with two attached hydrogens (primary N) is 1. The number of likely N-dealkylation sites (N-methyl/N-ethyl adjacent to an activating group) is 1. The molecule has 2 atom stereocenters. The fraction of sp³-hybridized carbons (Fsp3) is 0.385. The number of amides is 3. The summed E-state index contributed by atoms with van der Waals surface area (Å²) in [7, 11) is 3.44. The Morgan fingerprint density at radius 1 is 1.22 bits per heavy atom. The van der Waals surface area contributed by atoms with E-state index in [2.05, 4.69) is 27.0 Å². The molecular formula is C26H32N8O3. The molecule has 3 amide bonds. The first-order chi connectivity index (χ1) is 17.5. The van der Waals surface area contributed by atoms with Gasteiger partial charge in [-0.05, 0) is 56.0 Å². The lowest BCUT2D eigenvalue weighted by Gasteiger charge is -2.19. The minimum absolute atomic E-state index is 0.00126. The molecule has 194 valence electrons. The number of nitrogens with zero attached hydrogens (tertiary/aromatic N) is 6. The topological polar surface area (TPSA) is 139 Å². The average Bonchev–Trinajstić information content (AvgIpc) is 3.44. The molecule has 1 fully saturated rings. The number of aromatic nitrogens is 4. The minimum atomic E-state index is -0.449. The number of carbonyl (C=O) groups excluding carboxylic acids is 3. The van der Waals surface area contributed by atoms with Gasteiger partial charge in [0, 0.05) is 32.4 Å². The van der Waals surface area contributed by atoms with Gasteiger partial charge in [0.05, 0.1) is 17.8 Å². The fourth-order valence-corrected chi connectivity index (χ4v) is 4.72. The molecule has 1 aliphatic heterocycles. The molecule has 1 aliphatic rings. The molecule has 0 radical (unpaired) electrons. The first-order valence-electron chi connectivity index (χ1n) is 12.1. The molecule has 2 aromatic heterocycles. The number of anilines is 2. The van der Waals surface area contributed by atoms with Gasteiger partial charge < -0.3 is 20.9 Å². The Labute approximate surface area is 215 Å². The van der Waals surface area contributed by atoms with E-state index in [0.29, 0.717) is 29.7 Å². The van der Waals surface area contributed by atoms with Crippen LogP contribution in [0.4, 0.5) is 11.5 Å². The molecule has 11 heteroatoms. The molecule has 3 heterocycles. The summed E-state index contributed by atoms with van der Waals surface area (Å²) in [5, 5.41) is 7.92. The number of hydrogen-bond donors (Lipinski definition) is 2. The maximum Gasteiger partial charge on any atom is 0.277 e. The van der Waals surface area contributed by atoms with E-state index < -0.39 is 5.91 Å². The minimum Gasteiger partial charge on any atom is -0.383 e. The molecular weight excluding hydrogens is 472 g/mol. The van der Waals surface area contributed by atoms with E-state index in [-0.39, 0.29) is 41.8 Å². The van der Waals surface area contributed by atoms with Crippen LogP contribution >= 0.6 is 0 Å². The van der Waals surface area contributed by atoms with E-state index in [1.807, 2.05) is 26.8 Å². The normalized spacial score (nSPS) is 17.2. The van der Waals surface area contributed by atoms with Crippen molar-refractivity contribution in [1.29, 1.82) is 0 Å². The molecule has 0 saturated carbocycles. The van der Waals surface area contributed by atoms with E-state index >= 15 is 0 Å². The van der Waals surface area contributed by atoms with Gasteiger partial charge in [0.2, 0.25) is 11.8 Å². The fourth-order valence-electron chi connectivity index (χ4n) is 4.72. The van der Waals surface area contributed by atoms with Crippen LogP contribution in [0, 0.1) is 13.8 Å². The monoisotopic (exact) mass is 504 g/mol. The predicted molar refractivity (Wildman–Crippen MR) is 141 cm³/mol. The predicted octanol–water partition coefficient (Wildman–Crippen LogP) is 2.26. The second-order valence-electron chi connectivity index (χ2n) is 9.63. The highest BCUT2D eigenvalue weighted by Crippen LogP contribution is 2.32. The van der Waals surface area contributed by atoms with E-state index in [1.165, 1.54) is 12.4 Å². The van der Waals surface area contributed by atoms with E-state index in [0.717, 1.165) is 16.7 Å². The molecule has 37 heavy (non-hydrogen) atoms. The van der Waals surface area contributed by atoms with E-state index in [4.69, 9.17) is 5.73 Å². The maximum atomic E-state index is 13.5. The maximum absolute atomic E-state index is 13.5. The molecule has 3 aromatic rings. The van der Waals surface area contributed by atoms with Crippen molar-refractivity contribution in [2.75, 3.05) is 31.7 Å². The molecule has 0 spiro atoms. The van der Waals surface area contributed by atoms with Crippen molar-refractivity contribution in [2.24, 2.45) is 0 Å². The summed E-state index contributed by atoms with van der Waals surface area (Å²) < 4.78 is 1.67. The van der Waals surface area contributed by atoms with Crippen molar-refractivity contribution < 1.29 is 14.4 Å². The largest absolute Gasteiger partial charge is 0.383 e. The third-order valence-corrected chi connectivity index (χ3v) is 7.08. The van der Waals surface area contributed by atoms with Gasteiger partial charge in [-0.25, -0.2) is 14.6 Å². The van der Waals surface area contributed by atoms with Gasteiger partial charge in [0.25, 0.3) is 5.91 Å². The second kappa shape index (κ2) is 10.00. The van der Waals surface area contributed by atoms with Crippen molar-refractivity contribution in [3.8, 4) is 0 Å². The number of hydrogen-bond acceptors (Lipinski definition) is 7. The summed E-state index contributed by atoms with van der Waals surface area (Å²) in [5.74, 6) is -0.451. The van der Waals surface area contributed by atoms with Gasteiger partial charge >= 0.3 is 0 Å². The number of benzene rings is 1. The zero-order chi connectivity index (χ0) is 27.0. The SMILES string of the molecule is C=CC(=O)N1CC(n2nc(C(=O)Nc3ccc(CC(=O)N(C)C)c(C)c3C)c3c(N)ncnc32)CC1C. The quantitative estimate of drug-likeness (QED) is 0.491. The van der Waals surface area contributed by atoms with Crippen LogP contribution in [0.2, 0.25) is 0 Å². The highest BCUT2D eigenvalue weighted by atomic mass is 16.2.